The average Bonchev–Trinajstić information content (AvgIpc) is 4.12. The molecule has 4 aliphatic rings. The molecule has 17 nitrogen and oxygen atoms in total. The van der Waals surface area contributed by atoms with Crippen molar-refractivity contribution in [3.63, 3.8) is 0 Å². The van der Waals surface area contributed by atoms with Gasteiger partial charge in [0.15, 0.2) is 0 Å². The third kappa shape index (κ3) is 8.37. The summed E-state index contributed by atoms with van der Waals surface area (Å²) in [5.41, 5.74) is 4.59. The number of benzene rings is 2. The van der Waals surface area contributed by atoms with Gasteiger partial charge in [-0.3, -0.25) is 14.2 Å². The van der Waals surface area contributed by atoms with Crippen LogP contribution in [0, 0.1) is 17.7 Å². The zero-order chi connectivity index (χ0) is 48.5. The van der Waals surface area contributed by atoms with E-state index in [1.807, 2.05) is 62.7 Å². The summed E-state index contributed by atoms with van der Waals surface area (Å²) in [6.45, 7) is 10.8. The van der Waals surface area contributed by atoms with Crippen LogP contribution >= 0.6 is 11.3 Å². The molecule has 2 aromatic carbocycles. The van der Waals surface area contributed by atoms with Crippen LogP contribution in [0.1, 0.15) is 113 Å². The van der Waals surface area contributed by atoms with E-state index in [0.29, 0.717) is 59.4 Å². The van der Waals surface area contributed by atoms with E-state index in [1.54, 1.807) is 33.5 Å². The summed E-state index contributed by atoms with van der Waals surface area (Å²) in [6, 6.07) is 9.21. The van der Waals surface area contributed by atoms with Crippen LogP contribution in [0.3, 0.4) is 0 Å². The fraction of sp³-hybridized carbons (Fsp3) is 0.460. The quantitative estimate of drug-likeness (QED) is 0.0919. The molecule has 7 heterocycles. The predicted molar refractivity (Wildman–Crippen MR) is 256 cm³/mol. The van der Waals surface area contributed by atoms with Gasteiger partial charge in [0.1, 0.15) is 35.3 Å². The summed E-state index contributed by atoms with van der Waals surface area (Å²) in [5.74, 6) is 0.393. The molecule has 0 radical (unpaired) electrons. The molecule has 4 aromatic heterocycles. The molecular formula is C50H57FN10O7S. The predicted octanol–water partition coefficient (Wildman–Crippen LogP) is 8.76. The van der Waals surface area contributed by atoms with Gasteiger partial charge in [-0.05, 0) is 80.7 Å². The monoisotopic (exact) mass is 960 g/mol. The molecule has 4 amide bonds. The Hall–Kier alpha value is -6.76. The number of halogens is 1. The lowest BCUT2D eigenvalue weighted by atomic mass is 10.0. The fourth-order valence-corrected chi connectivity index (χ4v) is 11.2. The first-order valence-corrected chi connectivity index (χ1v) is 24.5. The number of nitrogens with zero attached hydrogens (tertiary/aromatic N) is 6. The minimum atomic E-state index is -0.774. The van der Waals surface area contributed by atoms with E-state index in [0.717, 1.165) is 64.1 Å². The number of H-pyrrole nitrogens is 2. The summed E-state index contributed by atoms with van der Waals surface area (Å²) >= 11 is 1.62. The molecule has 0 spiro atoms. The van der Waals surface area contributed by atoms with E-state index < -0.39 is 36.3 Å². The Morgan fingerprint density at radius 2 is 1.38 bits per heavy atom. The molecule has 10 rings (SSSR count). The van der Waals surface area contributed by atoms with Gasteiger partial charge in [0.25, 0.3) is 0 Å². The Labute approximate surface area is 402 Å². The number of hydrogen-bond acceptors (Lipinski definition) is 11. The molecule has 3 aliphatic heterocycles. The van der Waals surface area contributed by atoms with Crippen LogP contribution in [0.2, 0.25) is 0 Å². The van der Waals surface area contributed by atoms with Gasteiger partial charge in [0.2, 0.25) is 18.0 Å². The number of aromatic amines is 2. The molecule has 19 heteroatoms. The van der Waals surface area contributed by atoms with Crippen LogP contribution in [0.4, 0.5) is 14.0 Å². The third-order valence-electron chi connectivity index (χ3n) is 14.2. The number of ether oxygens (including phenoxy) is 3. The molecule has 2 saturated heterocycles. The second-order valence-corrected chi connectivity index (χ2v) is 20.6. The van der Waals surface area contributed by atoms with Gasteiger partial charge < -0.3 is 44.6 Å². The number of likely N-dealkylation sites (tertiary alicyclic amines) is 2. The van der Waals surface area contributed by atoms with Gasteiger partial charge in [-0.15, -0.1) is 11.3 Å². The summed E-state index contributed by atoms with van der Waals surface area (Å²) < 4.78 is 35.5. The van der Waals surface area contributed by atoms with Crippen molar-refractivity contribution in [1.82, 2.24) is 49.9 Å². The number of carbonyl (C=O) groups is 4. The van der Waals surface area contributed by atoms with Crippen molar-refractivity contribution in [2.24, 2.45) is 11.8 Å². The minimum Gasteiger partial charge on any atom is -0.464 e. The number of methoxy groups -OCH3 is 2. The van der Waals surface area contributed by atoms with Crippen molar-refractivity contribution >= 4 is 46.2 Å². The minimum absolute atomic E-state index is 0.0402. The van der Waals surface area contributed by atoms with Gasteiger partial charge in [-0.25, -0.2) is 28.9 Å². The summed E-state index contributed by atoms with van der Waals surface area (Å²) in [6.07, 6.45) is 8.42. The lowest BCUT2D eigenvalue weighted by Gasteiger charge is -2.30. The van der Waals surface area contributed by atoms with Crippen LogP contribution in [-0.2, 0) is 24.5 Å². The first-order chi connectivity index (χ1) is 33.2. The SMILES string of the molecule is COC(=O)N[C@H](C(=O)N1CCC[C@H]1c1ncc(-c2cc(F)c3c(c2)OC(c2cnc(C4(C)CC4)s2)n2c-3cc3cc(-c4cnc([C@@H]5CCCN5C(=O)[C@@H](NC(=O)OC)C(C)C)[nH]4)ccc32)[nH]1)C(C)C. The normalized spacial score (nSPS) is 20.1. The maximum Gasteiger partial charge on any atom is 0.407 e. The second kappa shape index (κ2) is 18.0. The van der Waals surface area contributed by atoms with E-state index >= 15 is 4.39 Å². The van der Waals surface area contributed by atoms with E-state index in [4.69, 9.17) is 29.2 Å². The smallest absolute Gasteiger partial charge is 0.407 e. The average molecular weight is 961 g/mol. The highest BCUT2D eigenvalue weighted by atomic mass is 32.1. The second-order valence-electron chi connectivity index (χ2n) is 19.6. The van der Waals surface area contributed by atoms with Crippen LogP contribution in [0.5, 0.6) is 5.75 Å². The zero-order valence-corrected chi connectivity index (χ0v) is 40.5. The molecule has 5 atom stereocenters. The Balaban J connectivity index is 0.971. The van der Waals surface area contributed by atoms with Crippen molar-refractivity contribution in [1.29, 1.82) is 0 Å². The molecule has 1 aliphatic carbocycles. The van der Waals surface area contributed by atoms with E-state index in [2.05, 4.69) is 33.6 Å². The lowest BCUT2D eigenvalue weighted by Crippen LogP contribution is -2.51. The van der Waals surface area contributed by atoms with Crippen molar-refractivity contribution in [3.05, 3.63) is 82.3 Å². The molecule has 0 bridgehead atoms. The maximum atomic E-state index is 17.0. The molecule has 3 fully saturated rings. The number of fused-ring (bicyclic) bond motifs is 5. The Morgan fingerprint density at radius 1 is 0.797 bits per heavy atom. The maximum absolute atomic E-state index is 17.0. The van der Waals surface area contributed by atoms with Gasteiger partial charge in [0.05, 0.1) is 76.7 Å². The van der Waals surface area contributed by atoms with Crippen LogP contribution in [0.25, 0.3) is 44.7 Å². The third-order valence-corrected chi connectivity index (χ3v) is 15.5. The van der Waals surface area contributed by atoms with Crippen molar-refractivity contribution in [3.8, 4) is 39.5 Å². The number of rotatable bonds is 12. The Bertz CT molecular complexity index is 2970. The topological polar surface area (TPSA) is 202 Å². The highest BCUT2D eigenvalue weighted by Crippen LogP contribution is 2.52. The largest absolute Gasteiger partial charge is 0.464 e. The number of hydrogen-bond donors (Lipinski definition) is 4. The van der Waals surface area contributed by atoms with Gasteiger partial charge in [-0.2, -0.15) is 0 Å². The zero-order valence-electron chi connectivity index (χ0n) is 39.7. The molecule has 362 valence electrons. The van der Waals surface area contributed by atoms with Crippen molar-refractivity contribution < 1.29 is 37.8 Å². The number of carbonyl (C=O) groups excluding carboxylic acids is 4. The highest BCUT2D eigenvalue weighted by molar-refractivity contribution is 7.11. The molecular weight excluding hydrogens is 904 g/mol. The van der Waals surface area contributed by atoms with Crippen LogP contribution < -0.4 is 15.4 Å². The van der Waals surface area contributed by atoms with E-state index in [9.17, 15) is 19.2 Å². The van der Waals surface area contributed by atoms with E-state index in [1.165, 1.54) is 20.3 Å². The first-order valence-electron chi connectivity index (χ1n) is 23.7. The lowest BCUT2D eigenvalue weighted by molar-refractivity contribution is -0.136. The molecule has 4 N–H and O–H groups in total. The number of alkyl carbamates (subject to hydrolysis) is 2. The summed E-state index contributed by atoms with van der Waals surface area (Å²) in [7, 11) is 2.55. The van der Waals surface area contributed by atoms with Gasteiger partial charge in [-0.1, -0.05) is 40.7 Å². The summed E-state index contributed by atoms with van der Waals surface area (Å²) in [5, 5.41) is 7.31. The van der Waals surface area contributed by atoms with Crippen LogP contribution in [-0.4, -0.2) is 103 Å². The van der Waals surface area contributed by atoms with Gasteiger partial charge >= 0.3 is 12.2 Å². The number of thiazole rings is 1. The van der Waals surface area contributed by atoms with Crippen LogP contribution in [0.15, 0.2) is 55.0 Å². The van der Waals surface area contributed by atoms with Gasteiger partial charge in [0, 0.05) is 41.2 Å². The van der Waals surface area contributed by atoms with E-state index in [-0.39, 0.29) is 41.1 Å². The molecule has 1 unspecified atom stereocenters. The number of amides is 4. The fourth-order valence-electron chi connectivity index (χ4n) is 10.1. The number of nitrogens with one attached hydrogen (secondary N) is 4. The first kappa shape index (κ1) is 46.0. The number of imidazole rings is 2. The summed E-state index contributed by atoms with van der Waals surface area (Å²) in [4.78, 5) is 77.6. The van der Waals surface area contributed by atoms with Crippen molar-refractivity contribution in [2.45, 2.75) is 109 Å². The number of aromatic nitrogens is 6. The molecule has 69 heavy (non-hydrogen) atoms. The molecule has 6 aromatic rings. The standard InChI is InChI=1S/C50H57FN10O7S/c1-25(2)40(57-48(64)66-6)44(62)59-16-8-10-34(59)42-52-22-31(55-42)27-12-13-33-29(18-27)20-36-39-30(51)19-28(21-37(39)68-46(61(33)36)38-24-54-47(69-38)50(5)14-15-50)32-23-53-43(56-32)35-11-9-17-60(35)45(63)41(26(3)4)58-49(65)67-7/h12-13,18-26,34-35,40-41,46H,8-11,14-17H2,1-7H3,(H,52,55)(H,53,56)(H,57,64)(H,58,65)/t34-,35-,40-,41-,46?/m0/s1. The molecule has 1 saturated carbocycles. The Morgan fingerprint density at radius 3 is 1.93 bits per heavy atom. The Kier molecular flexibility index (Phi) is 12.0. The van der Waals surface area contributed by atoms with Crippen molar-refractivity contribution in [2.75, 3.05) is 27.3 Å². The highest BCUT2D eigenvalue weighted by Gasteiger charge is 2.44.